The smallest absolute Gasteiger partial charge is 0.239 e. The van der Waals surface area contributed by atoms with Crippen molar-refractivity contribution in [1.82, 2.24) is 9.62 Å². The number of hydrogen-bond donors (Lipinski definition) is 1. The summed E-state index contributed by atoms with van der Waals surface area (Å²) in [5.74, 6) is -0.0655. The van der Waals surface area contributed by atoms with E-state index < -0.39 is 15.8 Å². The van der Waals surface area contributed by atoms with Crippen LogP contribution in [0.15, 0.2) is 18.2 Å². The topological polar surface area (TPSA) is 66.5 Å². The molecule has 2 fully saturated rings. The second kappa shape index (κ2) is 8.31. The molecule has 1 aliphatic carbocycles. The van der Waals surface area contributed by atoms with Crippen molar-refractivity contribution in [3.63, 3.8) is 0 Å². The summed E-state index contributed by atoms with van der Waals surface area (Å²) in [5, 5.41) is 0. The molecule has 1 aromatic rings. The first-order valence-corrected chi connectivity index (χ1v) is 11.8. The van der Waals surface area contributed by atoms with Crippen LogP contribution in [-0.2, 0) is 14.8 Å². The third-order valence-electron chi connectivity index (χ3n) is 5.88. The highest BCUT2D eigenvalue weighted by molar-refractivity contribution is 7.90. The van der Waals surface area contributed by atoms with Gasteiger partial charge in [0.25, 0.3) is 0 Å². The Labute approximate surface area is 163 Å². The Hall–Kier alpha value is -1.40. The van der Waals surface area contributed by atoms with Crippen LogP contribution in [0.5, 0.6) is 0 Å². The Balaban J connectivity index is 1.65. The van der Waals surface area contributed by atoms with E-state index >= 15 is 0 Å². The molecule has 5 nitrogen and oxygen atoms in total. The molecule has 27 heavy (non-hydrogen) atoms. The second-order valence-electron chi connectivity index (χ2n) is 8.50. The highest BCUT2D eigenvalue weighted by atomic mass is 32.2. The Bertz CT molecular complexity index is 762. The van der Waals surface area contributed by atoms with E-state index in [0.717, 1.165) is 44.1 Å². The van der Waals surface area contributed by atoms with Crippen molar-refractivity contribution >= 4 is 15.9 Å². The van der Waals surface area contributed by atoms with Gasteiger partial charge in [0.05, 0.1) is 6.04 Å². The lowest BCUT2D eigenvalue weighted by Crippen LogP contribution is -2.43. The molecule has 1 aliphatic heterocycles. The predicted octanol–water partition coefficient (Wildman–Crippen LogP) is 3.47. The maximum atomic E-state index is 12.8. The summed E-state index contributed by atoms with van der Waals surface area (Å²) in [4.78, 5) is 14.6. The van der Waals surface area contributed by atoms with Gasteiger partial charge in [0.1, 0.15) is 5.75 Å². The van der Waals surface area contributed by atoms with Crippen LogP contribution >= 0.6 is 0 Å². The van der Waals surface area contributed by atoms with E-state index in [1.165, 1.54) is 11.1 Å². The summed E-state index contributed by atoms with van der Waals surface area (Å²) < 4.78 is 27.8. The summed E-state index contributed by atoms with van der Waals surface area (Å²) in [6.45, 7) is 6.94. The standard InChI is InChI=1S/C21H32N2O3S/c1-15-6-8-19(9-7-15)22-27(25,26)14-21(24)23-10-4-5-20(23)18-12-16(2)11-17(3)13-18/h11-13,15,19-20,22H,4-10,14H2,1-3H3. The second-order valence-corrected chi connectivity index (χ2v) is 10.3. The number of sulfonamides is 1. The van der Waals surface area contributed by atoms with Gasteiger partial charge in [-0.05, 0) is 63.9 Å². The van der Waals surface area contributed by atoms with E-state index in [2.05, 4.69) is 43.7 Å². The fraction of sp³-hybridized carbons (Fsp3) is 0.667. The Morgan fingerprint density at radius 2 is 1.70 bits per heavy atom. The molecule has 0 spiro atoms. The van der Waals surface area contributed by atoms with E-state index in [4.69, 9.17) is 0 Å². The molecule has 1 unspecified atom stereocenters. The third kappa shape index (κ3) is 5.32. The Kier molecular flexibility index (Phi) is 6.26. The minimum absolute atomic E-state index is 0.0122. The summed E-state index contributed by atoms with van der Waals surface area (Å²) in [5.41, 5.74) is 3.46. The maximum absolute atomic E-state index is 12.8. The van der Waals surface area contributed by atoms with E-state index in [9.17, 15) is 13.2 Å². The number of carbonyl (C=O) groups excluding carboxylic acids is 1. The molecular formula is C21H32N2O3S. The van der Waals surface area contributed by atoms with E-state index in [-0.39, 0.29) is 18.0 Å². The fourth-order valence-corrected chi connectivity index (χ4v) is 5.85. The van der Waals surface area contributed by atoms with Gasteiger partial charge in [-0.3, -0.25) is 4.79 Å². The average Bonchev–Trinajstić information content (AvgIpc) is 3.05. The SMILES string of the molecule is Cc1cc(C)cc(C2CCCN2C(=O)CS(=O)(=O)NC2CCC(C)CC2)c1. The molecule has 1 aromatic carbocycles. The molecule has 0 bridgehead atoms. The summed E-state index contributed by atoms with van der Waals surface area (Å²) in [6, 6.07) is 6.30. The largest absolute Gasteiger partial charge is 0.335 e. The van der Waals surface area contributed by atoms with Crippen LogP contribution in [0.1, 0.15) is 68.2 Å². The van der Waals surface area contributed by atoms with Crippen molar-refractivity contribution in [1.29, 1.82) is 0 Å². The quantitative estimate of drug-likeness (QED) is 0.834. The number of hydrogen-bond acceptors (Lipinski definition) is 3. The number of benzene rings is 1. The normalized spacial score (nSPS) is 26.3. The lowest BCUT2D eigenvalue weighted by molar-refractivity contribution is -0.129. The molecule has 2 aliphatic rings. The minimum Gasteiger partial charge on any atom is -0.335 e. The van der Waals surface area contributed by atoms with Crippen molar-refractivity contribution in [2.45, 2.75) is 71.4 Å². The monoisotopic (exact) mass is 392 g/mol. The maximum Gasteiger partial charge on any atom is 0.239 e. The molecule has 0 aromatic heterocycles. The summed E-state index contributed by atoms with van der Waals surface area (Å²) >= 11 is 0. The number of likely N-dealkylation sites (tertiary alicyclic amines) is 1. The molecule has 3 rings (SSSR count). The van der Waals surface area contributed by atoms with Crippen LogP contribution in [0.25, 0.3) is 0 Å². The van der Waals surface area contributed by atoms with E-state index in [1.54, 1.807) is 4.90 Å². The highest BCUT2D eigenvalue weighted by Gasteiger charge is 2.33. The van der Waals surface area contributed by atoms with E-state index in [0.29, 0.717) is 12.5 Å². The van der Waals surface area contributed by atoms with Gasteiger partial charge in [-0.2, -0.15) is 0 Å². The van der Waals surface area contributed by atoms with Crippen LogP contribution in [0.2, 0.25) is 0 Å². The first-order chi connectivity index (χ1) is 12.7. The van der Waals surface area contributed by atoms with Crippen molar-refractivity contribution in [3.05, 3.63) is 34.9 Å². The van der Waals surface area contributed by atoms with Gasteiger partial charge < -0.3 is 4.90 Å². The van der Waals surface area contributed by atoms with Crippen LogP contribution in [0.4, 0.5) is 0 Å². The first-order valence-electron chi connectivity index (χ1n) is 10.1. The molecule has 1 N–H and O–H groups in total. The third-order valence-corrected chi connectivity index (χ3v) is 7.20. The number of nitrogens with zero attached hydrogens (tertiary/aromatic N) is 1. The Morgan fingerprint density at radius 3 is 2.33 bits per heavy atom. The van der Waals surface area contributed by atoms with Crippen molar-refractivity contribution in [3.8, 4) is 0 Å². The number of aryl methyl sites for hydroxylation is 2. The van der Waals surface area contributed by atoms with Crippen molar-refractivity contribution in [2.75, 3.05) is 12.3 Å². The predicted molar refractivity (Wildman–Crippen MR) is 108 cm³/mol. The lowest BCUT2D eigenvalue weighted by atomic mass is 9.88. The van der Waals surface area contributed by atoms with Gasteiger partial charge in [0, 0.05) is 12.6 Å². The van der Waals surface area contributed by atoms with Crippen LogP contribution in [0, 0.1) is 19.8 Å². The zero-order chi connectivity index (χ0) is 19.6. The molecule has 1 amide bonds. The van der Waals surface area contributed by atoms with E-state index in [1.807, 2.05) is 0 Å². The number of nitrogens with one attached hydrogen (secondary N) is 1. The molecular weight excluding hydrogens is 360 g/mol. The first kappa shape index (κ1) is 20.3. The lowest BCUT2D eigenvalue weighted by Gasteiger charge is -2.28. The van der Waals surface area contributed by atoms with Gasteiger partial charge in [-0.15, -0.1) is 0 Å². The van der Waals surface area contributed by atoms with Gasteiger partial charge in [0.2, 0.25) is 15.9 Å². The zero-order valence-corrected chi connectivity index (χ0v) is 17.5. The van der Waals surface area contributed by atoms with Crippen molar-refractivity contribution in [2.24, 2.45) is 5.92 Å². The van der Waals surface area contributed by atoms with Gasteiger partial charge in [-0.1, -0.05) is 36.2 Å². The van der Waals surface area contributed by atoms with Crippen LogP contribution in [-0.4, -0.2) is 37.6 Å². The van der Waals surface area contributed by atoms with Crippen molar-refractivity contribution < 1.29 is 13.2 Å². The highest BCUT2D eigenvalue weighted by Crippen LogP contribution is 2.33. The Morgan fingerprint density at radius 1 is 1.07 bits per heavy atom. The number of amides is 1. The van der Waals surface area contributed by atoms with Gasteiger partial charge in [0.15, 0.2) is 0 Å². The summed E-state index contributed by atoms with van der Waals surface area (Å²) in [7, 11) is -3.60. The number of rotatable bonds is 5. The van der Waals surface area contributed by atoms with Crippen LogP contribution < -0.4 is 4.72 Å². The molecule has 1 saturated carbocycles. The van der Waals surface area contributed by atoms with Gasteiger partial charge in [-0.25, -0.2) is 13.1 Å². The van der Waals surface area contributed by atoms with Crippen LogP contribution in [0.3, 0.4) is 0 Å². The average molecular weight is 393 g/mol. The molecule has 1 heterocycles. The molecule has 150 valence electrons. The zero-order valence-electron chi connectivity index (χ0n) is 16.7. The molecule has 0 radical (unpaired) electrons. The summed E-state index contributed by atoms with van der Waals surface area (Å²) in [6.07, 6.45) is 5.62. The molecule has 6 heteroatoms. The number of carbonyl (C=O) groups is 1. The minimum atomic E-state index is -3.60. The molecule has 1 atom stereocenters. The molecule has 1 saturated heterocycles. The fourth-order valence-electron chi connectivity index (χ4n) is 4.53. The van der Waals surface area contributed by atoms with Gasteiger partial charge >= 0.3 is 0 Å².